The largest absolute Gasteiger partial charge is 0.379 e. The van der Waals surface area contributed by atoms with Crippen LogP contribution in [0.4, 0.5) is 0 Å². The van der Waals surface area contributed by atoms with Gasteiger partial charge < -0.3 is 10.1 Å². The van der Waals surface area contributed by atoms with E-state index in [9.17, 15) is 0 Å². The van der Waals surface area contributed by atoms with Gasteiger partial charge in [0.25, 0.3) is 0 Å². The average Bonchev–Trinajstić information content (AvgIpc) is 2.37. The van der Waals surface area contributed by atoms with Gasteiger partial charge in [0.1, 0.15) is 0 Å². The smallest absolute Gasteiger partial charge is 0.0547 e. The Morgan fingerprint density at radius 3 is 2.33 bits per heavy atom. The summed E-state index contributed by atoms with van der Waals surface area (Å²) in [5.74, 6) is 0. The van der Waals surface area contributed by atoms with E-state index in [2.05, 4.69) is 33.0 Å². The number of hydrogen-bond acceptors (Lipinski definition) is 2. The van der Waals surface area contributed by atoms with Gasteiger partial charge in [-0.05, 0) is 46.1 Å². The van der Waals surface area contributed by atoms with Crippen molar-refractivity contribution in [2.75, 3.05) is 13.2 Å². The molecule has 0 radical (unpaired) electrons. The Kier molecular flexibility index (Phi) is 13.3. The summed E-state index contributed by atoms with van der Waals surface area (Å²) < 4.78 is 5.85. The van der Waals surface area contributed by atoms with Gasteiger partial charge in [-0.2, -0.15) is 0 Å². The van der Waals surface area contributed by atoms with Crippen LogP contribution in [0.25, 0.3) is 0 Å². The Labute approximate surface area is 115 Å². The highest BCUT2D eigenvalue weighted by atomic mass is 16.5. The maximum absolute atomic E-state index is 5.85. The van der Waals surface area contributed by atoms with Crippen molar-refractivity contribution in [1.82, 2.24) is 5.32 Å². The van der Waals surface area contributed by atoms with Gasteiger partial charge in [-0.3, -0.25) is 0 Å². The summed E-state index contributed by atoms with van der Waals surface area (Å²) in [6.45, 7) is 11.0. The highest BCUT2D eigenvalue weighted by molar-refractivity contribution is 4.60. The lowest BCUT2D eigenvalue weighted by molar-refractivity contribution is 0.0549. The van der Waals surface area contributed by atoms with Crippen LogP contribution in [0.2, 0.25) is 0 Å². The lowest BCUT2D eigenvalue weighted by atomic mass is 10.1. The van der Waals surface area contributed by atoms with Gasteiger partial charge in [0.05, 0.1) is 6.10 Å². The van der Waals surface area contributed by atoms with Crippen LogP contribution < -0.4 is 5.32 Å². The van der Waals surface area contributed by atoms with Gasteiger partial charge in [0, 0.05) is 12.6 Å². The van der Waals surface area contributed by atoms with Crippen LogP contribution in [0.1, 0.15) is 79.1 Å². The van der Waals surface area contributed by atoms with Gasteiger partial charge in [-0.25, -0.2) is 0 Å². The summed E-state index contributed by atoms with van der Waals surface area (Å²) in [7, 11) is 0. The van der Waals surface area contributed by atoms with E-state index in [4.69, 9.17) is 4.74 Å². The molecule has 0 aliphatic heterocycles. The normalized spacial score (nSPS) is 14.7. The van der Waals surface area contributed by atoms with Crippen molar-refractivity contribution in [3.05, 3.63) is 0 Å². The molecule has 0 heterocycles. The van der Waals surface area contributed by atoms with E-state index in [1.807, 2.05) is 0 Å². The molecule has 2 atom stereocenters. The number of nitrogens with one attached hydrogen (secondary N) is 1. The Morgan fingerprint density at radius 2 is 1.67 bits per heavy atom. The van der Waals surface area contributed by atoms with Crippen molar-refractivity contribution in [1.29, 1.82) is 0 Å². The average molecular weight is 257 g/mol. The fraction of sp³-hybridized carbons (Fsp3) is 1.00. The predicted octanol–water partition coefficient (Wildman–Crippen LogP) is 4.53. The van der Waals surface area contributed by atoms with E-state index in [1.54, 1.807) is 0 Å². The molecule has 0 amide bonds. The number of hydrogen-bond donors (Lipinski definition) is 1. The molecule has 2 unspecified atom stereocenters. The minimum absolute atomic E-state index is 0.445. The fourth-order valence-corrected chi connectivity index (χ4v) is 2.11. The molecule has 0 aromatic carbocycles. The molecule has 0 saturated heterocycles. The molecule has 1 N–H and O–H groups in total. The van der Waals surface area contributed by atoms with Crippen LogP contribution in [-0.2, 0) is 4.74 Å². The Hall–Kier alpha value is -0.0800. The quantitative estimate of drug-likeness (QED) is 0.489. The van der Waals surface area contributed by atoms with E-state index in [0.29, 0.717) is 12.1 Å². The molecule has 0 aliphatic rings. The molecule has 0 bridgehead atoms. The first kappa shape index (κ1) is 17.9. The number of rotatable bonds is 13. The van der Waals surface area contributed by atoms with Gasteiger partial charge in [-0.15, -0.1) is 0 Å². The van der Waals surface area contributed by atoms with Crippen LogP contribution >= 0.6 is 0 Å². The van der Waals surface area contributed by atoms with Crippen molar-refractivity contribution >= 4 is 0 Å². The lowest BCUT2D eigenvalue weighted by Crippen LogP contribution is -2.27. The van der Waals surface area contributed by atoms with Crippen molar-refractivity contribution in [2.45, 2.75) is 91.2 Å². The Bertz CT molecular complexity index is 161. The first-order chi connectivity index (χ1) is 8.70. The first-order valence-electron chi connectivity index (χ1n) is 8.05. The molecular formula is C16H35NO. The first-order valence-corrected chi connectivity index (χ1v) is 8.05. The van der Waals surface area contributed by atoms with Crippen LogP contribution in [0.5, 0.6) is 0 Å². The maximum atomic E-state index is 5.85. The van der Waals surface area contributed by atoms with Crippen LogP contribution in [0, 0.1) is 0 Å². The molecule has 2 heteroatoms. The minimum atomic E-state index is 0.445. The zero-order chi connectivity index (χ0) is 13.6. The molecule has 18 heavy (non-hydrogen) atoms. The van der Waals surface area contributed by atoms with Gasteiger partial charge in [-0.1, -0.05) is 39.5 Å². The molecule has 2 nitrogen and oxygen atoms in total. The highest BCUT2D eigenvalue weighted by Crippen LogP contribution is 2.08. The van der Waals surface area contributed by atoms with Crippen LogP contribution in [-0.4, -0.2) is 25.3 Å². The molecule has 0 rings (SSSR count). The van der Waals surface area contributed by atoms with Crippen LogP contribution in [0.3, 0.4) is 0 Å². The van der Waals surface area contributed by atoms with Gasteiger partial charge in [0.2, 0.25) is 0 Å². The second-order valence-corrected chi connectivity index (χ2v) is 5.53. The van der Waals surface area contributed by atoms with E-state index >= 15 is 0 Å². The van der Waals surface area contributed by atoms with Crippen molar-refractivity contribution in [3.63, 3.8) is 0 Å². The van der Waals surface area contributed by atoms with Crippen molar-refractivity contribution in [2.24, 2.45) is 0 Å². The third kappa shape index (κ3) is 12.4. The second kappa shape index (κ2) is 13.4. The van der Waals surface area contributed by atoms with Gasteiger partial charge >= 0.3 is 0 Å². The summed E-state index contributed by atoms with van der Waals surface area (Å²) in [4.78, 5) is 0. The molecular weight excluding hydrogens is 222 g/mol. The van der Waals surface area contributed by atoms with Gasteiger partial charge in [0.15, 0.2) is 0 Å². The van der Waals surface area contributed by atoms with E-state index < -0.39 is 0 Å². The predicted molar refractivity (Wildman–Crippen MR) is 81.2 cm³/mol. The molecule has 0 fully saturated rings. The summed E-state index contributed by atoms with van der Waals surface area (Å²) >= 11 is 0. The fourth-order valence-electron chi connectivity index (χ4n) is 2.11. The molecule has 0 saturated carbocycles. The van der Waals surface area contributed by atoms with Crippen molar-refractivity contribution in [3.8, 4) is 0 Å². The zero-order valence-corrected chi connectivity index (χ0v) is 13.1. The third-order valence-electron chi connectivity index (χ3n) is 3.39. The summed E-state index contributed by atoms with van der Waals surface area (Å²) in [6, 6.07) is 0.633. The summed E-state index contributed by atoms with van der Waals surface area (Å²) in [6.07, 6.45) is 10.7. The SMILES string of the molecule is CCCCCCC(C)OCCCC(C)NCCC. The van der Waals surface area contributed by atoms with E-state index in [0.717, 1.165) is 13.2 Å². The number of ether oxygens (including phenoxy) is 1. The second-order valence-electron chi connectivity index (χ2n) is 5.53. The zero-order valence-electron chi connectivity index (χ0n) is 13.1. The van der Waals surface area contributed by atoms with E-state index in [-0.39, 0.29) is 0 Å². The molecule has 0 aromatic rings. The topological polar surface area (TPSA) is 21.3 Å². The number of unbranched alkanes of at least 4 members (excludes halogenated alkanes) is 3. The molecule has 0 spiro atoms. The monoisotopic (exact) mass is 257 g/mol. The molecule has 0 aromatic heterocycles. The van der Waals surface area contributed by atoms with Crippen LogP contribution in [0.15, 0.2) is 0 Å². The Morgan fingerprint density at radius 1 is 0.889 bits per heavy atom. The minimum Gasteiger partial charge on any atom is -0.379 e. The Balaban J connectivity index is 3.26. The van der Waals surface area contributed by atoms with E-state index in [1.165, 1.54) is 51.4 Å². The maximum Gasteiger partial charge on any atom is 0.0547 e. The van der Waals surface area contributed by atoms with Crippen molar-refractivity contribution < 1.29 is 4.74 Å². The molecule has 0 aliphatic carbocycles. The third-order valence-corrected chi connectivity index (χ3v) is 3.39. The summed E-state index contributed by atoms with van der Waals surface area (Å²) in [5.41, 5.74) is 0. The summed E-state index contributed by atoms with van der Waals surface area (Å²) in [5, 5.41) is 3.51. The highest BCUT2D eigenvalue weighted by Gasteiger charge is 2.03. The lowest BCUT2D eigenvalue weighted by Gasteiger charge is -2.15. The molecule has 110 valence electrons. The standard InChI is InChI=1S/C16H35NO/c1-5-7-8-9-12-16(4)18-14-10-11-15(3)17-13-6-2/h15-17H,5-14H2,1-4H3.